The van der Waals surface area contributed by atoms with E-state index in [0.29, 0.717) is 0 Å². The molecule has 0 radical (unpaired) electrons. The van der Waals surface area contributed by atoms with Crippen LogP contribution in [0.5, 0.6) is 0 Å². The summed E-state index contributed by atoms with van der Waals surface area (Å²) < 4.78 is 5.15. The molecular weight excluding hydrogens is 180 g/mol. The minimum atomic E-state index is -0.735. The number of carbonyl (C=O) groups is 1. The Kier molecular flexibility index (Phi) is 2.10. The van der Waals surface area contributed by atoms with Crippen LogP contribution in [0.2, 0.25) is 0 Å². The van der Waals surface area contributed by atoms with E-state index in [1.165, 1.54) is 5.56 Å². The van der Waals surface area contributed by atoms with Gasteiger partial charge in [-0.3, -0.25) is 4.79 Å². The first-order valence-electron chi connectivity index (χ1n) is 4.89. The number of rotatable bonds is 2. The molecule has 1 aromatic rings. The lowest BCUT2D eigenvalue weighted by molar-refractivity contribution is -0.138. The van der Waals surface area contributed by atoms with Gasteiger partial charge in [0.1, 0.15) is 0 Å². The number of furan rings is 1. The Hall–Kier alpha value is -1.25. The van der Waals surface area contributed by atoms with Crippen molar-refractivity contribution in [2.45, 2.75) is 38.0 Å². The Balaban J connectivity index is 2.34. The summed E-state index contributed by atoms with van der Waals surface area (Å²) in [6.07, 6.45) is 6.65. The molecule has 0 aliphatic heterocycles. The summed E-state index contributed by atoms with van der Waals surface area (Å²) >= 11 is 0. The summed E-state index contributed by atoms with van der Waals surface area (Å²) in [5.74, 6) is -0.735. The van der Waals surface area contributed by atoms with E-state index in [9.17, 15) is 4.79 Å². The average molecular weight is 194 g/mol. The van der Waals surface area contributed by atoms with Crippen LogP contribution in [0.3, 0.4) is 0 Å². The lowest BCUT2D eigenvalue weighted by atomic mass is 9.71. The van der Waals surface area contributed by atoms with E-state index in [1.54, 1.807) is 12.5 Å². The van der Waals surface area contributed by atoms with Crippen LogP contribution in [-0.2, 0) is 16.6 Å². The summed E-state index contributed by atoms with van der Waals surface area (Å²) in [5, 5.41) is 8.86. The molecule has 76 valence electrons. The Bertz CT molecular complexity index is 353. The molecule has 1 atom stereocenters. The maximum Gasteiger partial charge on any atom is 0.304 e. The van der Waals surface area contributed by atoms with Crippen molar-refractivity contribution in [2.75, 3.05) is 0 Å². The maximum atomic E-state index is 10.8. The van der Waals surface area contributed by atoms with Crippen LogP contribution in [0.25, 0.3) is 0 Å². The third-order valence-electron chi connectivity index (χ3n) is 3.11. The third kappa shape index (κ3) is 1.43. The quantitative estimate of drug-likeness (QED) is 0.786. The van der Waals surface area contributed by atoms with Crippen LogP contribution in [0, 0.1) is 0 Å². The summed E-state index contributed by atoms with van der Waals surface area (Å²) in [7, 11) is 0. The van der Waals surface area contributed by atoms with E-state index in [1.807, 2.05) is 6.92 Å². The molecule has 1 aliphatic rings. The molecule has 1 aromatic heterocycles. The average Bonchev–Trinajstić information content (AvgIpc) is 2.51. The zero-order valence-electron chi connectivity index (χ0n) is 8.25. The van der Waals surface area contributed by atoms with Crippen LogP contribution in [0.15, 0.2) is 16.9 Å². The molecule has 0 aromatic carbocycles. The second-order valence-electron chi connectivity index (χ2n) is 4.30. The molecule has 14 heavy (non-hydrogen) atoms. The molecule has 2 rings (SSSR count). The maximum absolute atomic E-state index is 10.8. The van der Waals surface area contributed by atoms with Gasteiger partial charge in [-0.05, 0) is 30.4 Å². The Morgan fingerprint density at radius 2 is 2.43 bits per heavy atom. The molecule has 0 saturated heterocycles. The predicted octanol–water partition coefficient (Wildman–Crippen LogP) is 2.35. The minimum Gasteiger partial charge on any atom is -0.481 e. The van der Waals surface area contributed by atoms with Gasteiger partial charge in [-0.25, -0.2) is 0 Å². The molecule has 3 heteroatoms. The van der Waals surface area contributed by atoms with Crippen LogP contribution >= 0.6 is 0 Å². The Labute approximate surface area is 82.7 Å². The molecule has 1 unspecified atom stereocenters. The van der Waals surface area contributed by atoms with Crippen molar-refractivity contribution in [2.24, 2.45) is 0 Å². The smallest absolute Gasteiger partial charge is 0.304 e. The highest BCUT2D eigenvalue weighted by Gasteiger charge is 2.35. The Morgan fingerprint density at radius 1 is 1.64 bits per heavy atom. The number of fused-ring (bicyclic) bond motifs is 1. The monoisotopic (exact) mass is 194 g/mol. The van der Waals surface area contributed by atoms with Crippen LogP contribution in [-0.4, -0.2) is 11.1 Å². The van der Waals surface area contributed by atoms with E-state index in [2.05, 4.69) is 0 Å². The van der Waals surface area contributed by atoms with Gasteiger partial charge in [0.15, 0.2) is 0 Å². The second kappa shape index (κ2) is 3.15. The summed E-state index contributed by atoms with van der Waals surface area (Å²) in [5.41, 5.74) is 2.04. The van der Waals surface area contributed by atoms with Crippen LogP contribution in [0.1, 0.15) is 37.3 Å². The molecule has 1 aliphatic carbocycles. The summed E-state index contributed by atoms with van der Waals surface area (Å²) in [6, 6.07) is 0. The van der Waals surface area contributed by atoms with E-state index < -0.39 is 5.97 Å². The first-order valence-corrected chi connectivity index (χ1v) is 4.89. The molecule has 0 saturated carbocycles. The largest absolute Gasteiger partial charge is 0.481 e. The first kappa shape index (κ1) is 9.31. The third-order valence-corrected chi connectivity index (χ3v) is 3.11. The molecule has 3 nitrogen and oxygen atoms in total. The highest BCUT2D eigenvalue weighted by molar-refractivity contribution is 5.69. The molecule has 0 fully saturated rings. The number of carboxylic acid groups (broad SMARTS) is 1. The zero-order valence-corrected chi connectivity index (χ0v) is 8.25. The van der Waals surface area contributed by atoms with Crippen LogP contribution < -0.4 is 0 Å². The summed E-state index contributed by atoms with van der Waals surface area (Å²) in [6.45, 7) is 2.01. The Morgan fingerprint density at radius 3 is 3.14 bits per heavy atom. The highest BCUT2D eigenvalue weighted by atomic mass is 16.4. The van der Waals surface area contributed by atoms with Gasteiger partial charge in [-0.2, -0.15) is 0 Å². The molecule has 1 heterocycles. The van der Waals surface area contributed by atoms with E-state index in [-0.39, 0.29) is 11.8 Å². The van der Waals surface area contributed by atoms with Crippen molar-refractivity contribution < 1.29 is 14.3 Å². The van der Waals surface area contributed by atoms with Crippen molar-refractivity contribution in [3.05, 3.63) is 23.7 Å². The summed E-state index contributed by atoms with van der Waals surface area (Å²) in [4.78, 5) is 10.8. The number of hydrogen-bond acceptors (Lipinski definition) is 2. The molecule has 0 bridgehead atoms. The predicted molar refractivity (Wildman–Crippen MR) is 51.3 cm³/mol. The van der Waals surface area contributed by atoms with E-state index in [4.69, 9.17) is 9.52 Å². The standard InChI is InChI=1S/C11H14O3/c1-11(5-10(12)13)4-2-3-8-6-14-7-9(8)11/h6-7H,2-5H2,1H3,(H,12,13). The topological polar surface area (TPSA) is 50.4 Å². The van der Waals surface area contributed by atoms with Gasteiger partial charge in [-0.15, -0.1) is 0 Å². The number of aliphatic carboxylic acids is 1. The number of aryl methyl sites for hydroxylation is 1. The number of hydrogen-bond donors (Lipinski definition) is 1. The lowest BCUT2D eigenvalue weighted by Crippen LogP contribution is -2.29. The van der Waals surface area contributed by atoms with Gasteiger partial charge in [0.05, 0.1) is 18.9 Å². The zero-order chi connectivity index (χ0) is 10.2. The van der Waals surface area contributed by atoms with E-state index >= 15 is 0 Å². The van der Waals surface area contributed by atoms with Gasteiger partial charge >= 0.3 is 5.97 Å². The molecule has 0 spiro atoms. The molecule has 0 amide bonds. The fraction of sp³-hybridized carbons (Fsp3) is 0.545. The van der Waals surface area contributed by atoms with Crippen molar-refractivity contribution in [1.82, 2.24) is 0 Å². The van der Waals surface area contributed by atoms with Gasteiger partial charge in [0, 0.05) is 5.41 Å². The fourth-order valence-electron chi connectivity index (χ4n) is 2.37. The normalized spacial score (nSPS) is 25.8. The number of carboxylic acids is 1. The fourth-order valence-corrected chi connectivity index (χ4v) is 2.37. The highest BCUT2D eigenvalue weighted by Crippen LogP contribution is 2.40. The SMILES string of the molecule is CC1(CC(=O)O)CCCc2cocc21. The van der Waals surface area contributed by atoms with Crippen molar-refractivity contribution in [3.8, 4) is 0 Å². The van der Waals surface area contributed by atoms with Gasteiger partial charge in [-0.1, -0.05) is 6.92 Å². The van der Waals surface area contributed by atoms with Gasteiger partial charge in [0.25, 0.3) is 0 Å². The van der Waals surface area contributed by atoms with Crippen LogP contribution in [0.4, 0.5) is 0 Å². The first-order chi connectivity index (χ1) is 6.62. The van der Waals surface area contributed by atoms with E-state index in [0.717, 1.165) is 24.8 Å². The molecular formula is C11H14O3. The van der Waals surface area contributed by atoms with Crippen molar-refractivity contribution in [1.29, 1.82) is 0 Å². The van der Waals surface area contributed by atoms with Gasteiger partial charge in [0.2, 0.25) is 0 Å². The minimum absolute atomic E-state index is 0.194. The van der Waals surface area contributed by atoms with Gasteiger partial charge < -0.3 is 9.52 Å². The molecule has 1 N–H and O–H groups in total. The van der Waals surface area contributed by atoms with Crippen molar-refractivity contribution >= 4 is 5.97 Å². The lowest BCUT2D eigenvalue weighted by Gasteiger charge is -2.31. The van der Waals surface area contributed by atoms with Crippen molar-refractivity contribution in [3.63, 3.8) is 0 Å². The second-order valence-corrected chi connectivity index (χ2v) is 4.30.